The Morgan fingerprint density at radius 2 is 1.81 bits per heavy atom. The minimum Gasteiger partial charge on any atom is -0.326 e. The van der Waals surface area contributed by atoms with Gasteiger partial charge in [0.1, 0.15) is 0 Å². The average Bonchev–Trinajstić information content (AvgIpc) is 3.01. The number of hydrogen-bond acceptors (Lipinski definition) is 4. The van der Waals surface area contributed by atoms with Crippen molar-refractivity contribution in [2.75, 3.05) is 10.6 Å². The van der Waals surface area contributed by atoms with E-state index in [2.05, 4.69) is 41.6 Å². The van der Waals surface area contributed by atoms with Crippen LogP contribution in [0.1, 0.15) is 37.8 Å². The predicted molar refractivity (Wildman–Crippen MR) is 112 cm³/mol. The molecule has 0 saturated heterocycles. The van der Waals surface area contributed by atoms with Gasteiger partial charge in [-0.1, -0.05) is 49.4 Å². The lowest BCUT2D eigenvalue weighted by Crippen LogP contribution is -2.07. The number of anilines is 2. The van der Waals surface area contributed by atoms with Crippen molar-refractivity contribution < 1.29 is 9.59 Å². The molecule has 0 radical (unpaired) electrons. The van der Waals surface area contributed by atoms with Crippen LogP contribution in [0.2, 0.25) is 0 Å². The third-order valence-electron chi connectivity index (χ3n) is 3.97. The maximum absolute atomic E-state index is 12.2. The minimum absolute atomic E-state index is 0.126. The SMILES string of the molecule is CC(=O)Nc1ccc2nc(NC(=O)/C=C/c3ccc(C(C)C)cc3)sc2c1. The Hall–Kier alpha value is -2.99. The largest absolute Gasteiger partial charge is 0.326 e. The Morgan fingerprint density at radius 3 is 2.48 bits per heavy atom. The summed E-state index contributed by atoms with van der Waals surface area (Å²) in [5, 5.41) is 6.05. The van der Waals surface area contributed by atoms with Gasteiger partial charge in [0.15, 0.2) is 5.13 Å². The van der Waals surface area contributed by atoms with Crippen molar-refractivity contribution in [3.63, 3.8) is 0 Å². The molecule has 0 aliphatic carbocycles. The van der Waals surface area contributed by atoms with Crippen LogP contribution in [-0.4, -0.2) is 16.8 Å². The molecule has 27 heavy (non-hydrogen) atoms. The summed E-state index contributed by atoms with van der Waals surface area (Å²) in [7, 11) is 0. The molecule has 6 heteroatoms. The van der Waals surface area contributed by atoms with Gasteiger partial charge in [-0.3, -0.25) is 14.9 Å². The third kappa shape index (κ3) is 5.01. The summed E-state index contributed by atoms with van der Waals surface area (Å²) in [6.07, 6.45) is 3.28. The van der Waals surface area contributed by atoms with Gasteiger partial charge < -0.3 is 5.32 Å². The van der Waals surface area contributed by atoms with E-state index in [1.807, 2.05) is 24.3 Å². The number of thiazole rings is 1. The third-order valence-corrected chi connectivity index (χ3v) is 4.90. The van der Waals surface area contributed by atoms with Crippen molar-refractivity contribution in [2.24, 2.45) is 0 Å². The van der Waals surface area contributed by atoms with Crippen LogP contribution in [0.25, 0.3) is 16.3 Å². The second kappa shape index (κ2) is 8.14. The summed E-state index contributed by atoms with van der Waals surface area (Å²) in [6.45, 7) is 5.76. The normalized spacial score (nSPS) is 11.3. The Bertz CT molecular complexity index is 1000. The smallest absolute Gasteiger partial charge is 0.250 e. The lowest BCUT2D eigenvalue weighted by molar-refractivity contribution is -0.114. The van der Waals surface area contributed by atoms with Gasteiger partial charge in [0, 0.05) is 18.7 Å². The highest BCUT2D eigenvalue weighted by Crippen LogP contribution is 2.28. The fourth-order valence-electron chi connectivity index (χ4n) is 2.57. The first-order chi connectivity index (χ1) is 12.9. The summed E-state index contributed by atoms with van der Waals surface area (Å²) in [6, 6.07) is 13.6. The Labute approximate surface area is 162 Å². The van der Waals surface area contributed by atoms with Gasteiger partial charge in [-0.25, -0.2) is 4.98 Å². The highest BCUT2D eigenvalue weighted by atomic mass is 32.1. The Kier molecular flexibility index (Phi) is 5.66. The van der Waals surface area contributed by atoms with Crippen LogP contribution in [0.5, 0.6) is 0 Å². The minimum atomic E-state index is -0.232. The van der Waals surface area contributed by atoms with Crippen LogP contribution in [0.3, 0.4) is 0 Å². The van der Waals surface area contributed by atoms with Crippen molar-refractivity contribution >= 4 is 50.3 Å². The molecule has 0 unspecified atom stereocenters. The van der Waals surface area contributed by atoms with Crippen LogP contribution < -0.4 is 10.6 Å². The number of amides is 2. The van der Waals surface area contributed by atoms with Crippen molar-refractivity contribution in [1.82, 2.24) is 4.98 Å². The summed E-state index contributed by atoms with van der Waals surface area (Å²) in [5.74, 6) is 0.125. The van der Waals surface area contributed by atoms with Gasteiger partial charge in [0.05, 0.1) is 10.2 Å². The molecule has 1 heterocycles. The molecular formula is C21H21N3O2S. The van der Waals surface area contributed by atoms with E-state index < -0.39 is 0 Å². The van der Waals surface area contributed by atoms with E-state index in [9.17, 15) is 9.59 Å². The Morgan fingerprint density at radius 1 is 1.07 bits per heavy atom. The standard InChI is InChI=1S/C21H21N3O2S/c1-13(2)16-7-4-15(5-8-16)6-11-20(26)24-21-23-18-10-9-17(22-14(3)25)12-19(18)27-21/h4-13H,1-3H3,(H,22,25)(H,23,24,26)/b11-6+. The van der Waals surface area contributed by atoms with Crippen molar-refractivity contribution in [3.8, 4) is 0 Å². The first-order valence-corrected chi connectivity index (χ1v) is 9.49. The fourth-order valence-corrected chi connectivity index (χ4v) is 3.48. The topological polar surface area (TPSA) is 71.1 Å². The number of nitrogens with one attached hydrogen (secondary N) is 2. The second-order valence-corrected chi connectivity index (χ2v) is 7.56. The zero-order valence-corrected chi connectivity index (χ0v) is 16.3. The van der Waals surface area contributed by atoms with Crippen molar-refractivity contribution in [2.45, 2.75) is 26.7 Å². The number of fused-ring (bicyclic) bond motifs is 1. The number of hydrogen-bond donors (Lipinski definition) is 2. The van der Waals surface area contributed by atoms with Crippen LogP contribution >= 0.6 is 11.3 Å². The molecule has 2 amide bonds. The van der Waals surface area contributed by atoms with Crippen molar-refractivity contribution in [3.05, 3.63) is 59.7 Å². The highest BCUT2D eigenvalue weighted by molar-refractivity contribution is 7.22. The maximum Gasteiger partial charge on any atom is 0.250 e. The highest BCUT2D eigenvalue weighted by Gasteiger charge is 2.07. The lowest BCUT2D eigenvalue weighted by atomic mass is 10.0. The summed E-state index contributed by atoms with van der Waals surface area (Å²) < 4.78 is 0.893. The number of rotatable bonds is 5. The van der Waals surface area contributed by atoms with Crippen molar-refractivity contribution in [1.29, 1.82) is 0 Å². The summed E-state index contributed by atoms with van der Waals surface area (Å²) >= 11 is 1.37. The zero-order valence-electron chi connectivity index (χ0n) is 15.4. The first kappa shape index (κ1) is 18.8. The lowest BCUT2D eigenvalue weighted by Gasteiger charge is -2.04. The second-order valence-electron chi connectivity index (χ2n) is 6.53. The van der Waals surface area contributed by atoms with E-state index in [0.717, 1.165) is 15.8 Å². The van der Waals surface area contributed by atoms with Crippen LogP contribution in [0, 0.1) is 0 Å². The molecule has 2 aromatic carbocycles. The van der Waals surface area contributed by atoms with Gasteiger partial charge in [-0.05, 0) is 41.3 Å². The van der Waals surface area contributed by atoms with E-state index in [1.165, 1.54) is 29.9 Å². The molecule has 3 aromatic rings. The van der Waals surface area contributed by atoms with E-state index in [4.69, 9.17) is 0 Å². The van der Waals surface area contributed by atoms with E-state index >= 15 is 0 Å². The average molecular weight is 379 g/mol. The quantitative estimate of drug-likeness (QED) is 0.611. The molecule has 3 rings (SSSR count). The molecule has 138 valence electrons. The summed E-state index contributed by atoms with van der Waals surface area (Å²) in [4.78, 5) is 27.7. The van der Waals surface area contributed by atoms with Crippen LogP contribution in [-0.2, 0) is 9.59 Å². The summed E-state index contributed by atoms with van der Waals surface area (Å²) in [5.41, 5.74) is 3.72. The Balaban J connectivity index is 1.67. The van der Waals surface area contributed by atoms with E-state index in [0.29, 0.717) is 16.7 Å². The molecule has 0 aliphatic heterocycles. The molecule has 0 fully saturated rings. The van der Waals surface area contributed by atoms with Crippen LogP contribution in [0.4, 0.5) is 10.8 Å². The number of carbonyl (C=O) groups excluding carboxylic acids is 2. The van der Waals surface area contributed by atoms with Gasteiger partial charge in [-0.2, -0.15) is 0 Å². The molecular weight excluding hydrogens is 358 g/mol. The van der Waals surface area contributed by atoms with Gasteiger partial charge >= 0.3 is 0 Å². The molecule has 0 saturated carbocycles. The van der Waals surface area contributed by atoms with Gasteiger partial charge in [0.25, 0.3) is 0 Å². The number of nitrogens with zero attached hydrogens (tertiary/aromatic N) is 1. The fraction of sp³-hybridized carbons (Fsp3) is 0.190. The maximum atomic E-state index is 12.2. The first-order valence-electron chi connectivity index (χ1n) is 8.68. The number of carbonyl (C=O) groups is 2. The molecule has 0 spiro atoms. The monoisotopic (exact) mass is 379 g/mol. The molecule has 2 N–H and O–H groups in total. The van der Waals surface area contributed by atoms with E-state index in [1.54, 1.807) is 12.1 Å². The predicted octanol–water partition coefficient (Wildman–Crippen LogP) is 5.03. The molecule has 0 aliphatic rings. The molecule has 5 nitrogen and oxygen atoms in total. The molecule has 1 aromatic heterocycles. The molecule has 0 atom stereocenters. The molecule has 0 bridgehead atoms. The van der Waals surface area contributed by atoms with Gasteiger partial charge in [-0.15, -0.1) is 0 Å². The zero-order chi connectivity index (χ0) is 19.4. The number of aromatic nitrogens is 1. The van der Waals surface area contributed by atoms with E-state index in [-0.39, 0.29) is 11.8 Å². The number of benzene rings is 2. The van der Waals surface area contributed by atoms with Crippen LogP contribution in [0.15, 0.2) is 48.5 Å². The van der Waals surface area contributed by atoms with Gasteiger partial charge in [0.2, 0.25) is 11.8 Å².